The molecule has 1 aromatic heterocycles. The second-order valence-electron chi connectivity index (χ2n) is 12.8. The molecule has 0 spiro atoms. The largest absolute Gasteiger partial charge is 0.392 e. The number of nitrogens with zero attached hydrogens (tertiary/aromatic N) is 5. The molecule has 0 unspecified atom stereocenters. The van der Waals surface area contributed by atoms with Crippen LogP contribution in [0.15, 0.2) is 71.7 Å². The number of hydrogen-bond donors (Lipinski definition) is 2. The Balaban J connectivity index is 1.19. The number of hydrazine groups is 1. The van der Waals surface area contributed by atoms with E-state index in [9.17, 15) is 19.5 Å². The van der Waals surface area contributed by atoms with Crippen LogP contribution < -0.4 is 21.3 Å². The highest BCUT2D eigenvalue weighted by Crippen LogP contribution is 2.41. The molecule has 3 aromatic carbocycles. The Bertz CT molecular complexity index is 1900. The van der Waals surface area contributed by atoms with Crippen molar-refractivity contribution >= 4 is 29.0 Å². The number of aromatic nitrogens is 2. The normalized spacial score (nSPS) is 17.7. The molecule has 0 radical (unpaired) electrons. The number of likely N-dealkylation sites (tertiary alicyclic amines) is 1. The molecule has 10 nitrogen and oxygen atoms in total. The molecule has 7 rings (SSSR count). The minimum atomic E-state index is -0.410. The summed E-state index contributed by atoms with van der Waals surface area (Å²) in [4.78, 5) is 48.2. The van der Waals surface area contributed by atoms with Crippen LogP contribution in [0.1, 0.15) is 69.5 Å². The van der Waals surface area contributed by atoms with Crippen LogP contribution in [0, 0.1) is 5.92 Å². The molecule has 3 N–H and O–H groups in total. The van der Waals surface area contributed by atoms with Crippen molar-refractivity contribution in [3.63, 3.8) is 0 Å². The van der Waals surface area contributed by atoms with Crippen molar-refractivity contribution < 1.29 is 14.7 Å². The lowest BCUT2D eigenvalue weighted by Gasteiger charge is -2.31. The van der Waals surface area contributed by atoms with E-state index in [0.29, 0.717) is 57.7 Å². The van der Waals surface area contributed by atoms with Crippen LogP contribution in [0.2, 0.25) is 0 Å². The van der Waals surface area contributed by atoms with Crippen LogP contribution in [0.3, 0.4) is 0 Å². The van der Waals surface area contributed by atoms with Crippen molar-refractivity contribution in [2.45, 2.75) is 45.1 Å². The summed E-state index contributed by atoms with van der Waals surface area (Å²) in [5.41, 5.74) is 5.87. The zero-order chi connectivity index (χ0) is 32.1. The van der Waals surface area contributed by atoms with E-state index in [2.05, 4.69) is 24.0 Å². The first kappa shape index (κ1) is 29.9. The van der Waals surface area contributed by atoms with Crippen LogP contribution in [0.25, 0.3) is 11.3 Å². The molecule has 1 saturated heterocycles. The SMILES string of the molecule is C[C@@H]1CCN(C(=O)c2ccc(N(N)c3nc(-c4cccc(N5CCc6cc(C7CC7)ccc6C5=O)c4CO)cn(C)c3=O)cc2)C1. The Morgan fingerprint density at radius 3 is 2.50 bits per heavy atom. The summed E-state index contributed by atoms with van der Waals surface area (Å²) in [5, 5.41) is 11.8. The summed E-state index contributed by atoms with van der Waals surface area (Å²) >= 11 is 0. The van der Waals surface area contributed by atoms with Gasteiger partial charge in [0.05, 0.1) is 23.7 Å². The molecule has 1 aliphatic carbocycles. The first-order valence-corrected chi connectivity index (χ1v) is 15.9. The number of aryl methyl sites for hydroxylation is 1. The second-order valence-corrected chi connectivity index (χ2v) is 12.8. The van der Waals surface area contributed by atoms with Gasteiger partial charge in [0.2, 0.25) is 5.82 Å². The van der Waals surface area contributed by atoms with Crippen molar-refractivity contribution in [2.24, 2.45) is 18.8 Å². The number of amides is 2. The smallest absolute Gasteiger partial charge is 0.295 e. The van der Waals surface area contributed by atoms with Gasteiger partial charge in [0.25, 0.3) is 17.4 Å². The Morgan fingerprint density at radius 1 is 1.02 bits per heavy atom. The fraction of sp³-hybridized carbons (Fsp3) is 0.333. The Morgan fingerprint density at radius 2 is 1.80 bits per heavy atom. The number of carbonyl (C=O) groups is 2. The van der Waals surface area contributed by atoms with Gasteiger partial charge in [-0.1, -0.05) is 31.2 Å². The van der Waals surface area contributed by atoms with Crippen molar-refractivity contribution in [3.05, 3.63) is 105 Å². The van der Waals surface area contributed by atoms with E-state index in [1.165, 1.54) is 28.0 Å². The number of fused-ring (bicyclic) bond motifs is 1. The quantitative estimate of drug-likeness (QED) is 0.231. The summed E-state index contributed by atoms with van der Waals surface area (Å²) < 4.78 is 1.40. The highest BCUT2D eigenvalue weighted by atomic mass is 16.3. The Labute approximate surface area is 267 Å². The molecule has 4 aromatic rings. The molecule has 1 saturated carbocycles. The predicted molar refractivity (Wildman–Crippen MR) is 177 cm³/mol. The number of carbonyl (C=O) groups excluding carboxylic acids is 2. The average molecular weight is 619 g/mol. The van der Waals surface area contributed by atoms with E-state index in [1.807, 2.05) is 29.2 Å². The van der Waals surface area contributed by atoms with Gasteiger partial charge in [-0.2, -0.15) is 0 Å². The minimum absolute atomic E-state index is 0.0174. The lowest BCUT2D eigenvalue weighted by Crippen LogP contribution is -2.38. The molecule has 1 atom stereocenters. The molecule has 2 aliphatic heterocycles. The van der Waals surface area contributed by atoms with Crippen molar-refractivity contribution in [3.8, 4) is 11.3 Å². The molecule has 10 heteroatoms. The van der Waals surface area contributed by atoms with Crippen LogP contribution in [-0.2, 0) is 20.1 Å². The van der Waals surface area contributed by atoms with Gasteiger partial charge in [0, 0.05) is 55.1 Å². The highest BCUT2D eigenvalue weighted by molar-refractivity contribution is 6.09. The lowest BCUT2D eigenvalue weighted by molar-refractivity contribution is 0.0788. The number of hydrogen-bond acceptors (Lipinski definition) is 7. The molecule has 46 heavy (non-hydrogen) atoms. The topological polar surface area (TPSA) is 125 Å². The monoisotopic (exact) mass is 618 g/mol. The van der Waals surface area contributed by atoms with E-state index >= 15 is 0 Å². The number of anilines is 3. The van der Waals surface area contributed by atoms with Crippen LogP contribution in [-0.4, -0.2) is 51.0 Å². The molecular formula is C36H38N6O4. The third-order valence-electron chi connectivity index (χ3n) is 9.52. The maximum Gasteiger partial charge on any atom is 0.295 e. The van der Waals surface area contributed by atoms with Gasteiger partial charge in [-0.3, -0.25) is 19.4 Å². The fourth-order valence-electron chi connectivity index (χ4n) is 6.71. The second kappa shape index (κ2) is 11.9. The maximum absolute atomic E-state index is 13.7. The zero-order valence-corrected chi connectivity index (χ0v) is 26.1. The average Bonchev–Trinajstić information content (AvgIpc) is 3.84. The molecule has 2 fully saturated rings. The highest BCUT2D eigenvalue weighted by Gasteiger charge is 2.31. The third-order valence-corrected chi connectivity index (χ3v) is 9.52. The maximum atomic E-state index is 13.7. The minimum Gasteiger partial charge on any atom is -0.392 e. The van der Waals surface area contributed by atoms with Gasteiger partial charge in [-0.15, -0.1) is 0 Å². The van der Waals surface area contributed by atoms with E-state index in [0.717, 1.165) is 31.5 Å². The molecular weight excluding hydrogens is 580 g/mol. The summed E-state index contributed by atoms with van der Waals surface area (Å²) in [7, 11) is 1.62. The molecule has 2 amide bonds. The zero-order valence-electron chi connectivity index (χ0n) is 26.1. The lowest BCUT2D eigenvalue weighted by atomic mass is 9.93. The Hall–Kier alpha value is -4.80. The first-order valence-electron chi connectivity index (χ1n) is 15.9. The first-order chi connectivity index (χ1) is 22.2. The number of benzene rings is 3. The molecule has 3 heterocycles. The van der Waals surface area contributed by atoms with Gasteiger partial charge in [0.1, 0.15) is 0 Å². The number of aliphatic hydroxyl groups excluding tert-OH is 1. The fourth-order valence-corrected chi connectivity index (χ4v) is 6.71. The van der Waals surface area contributed by atoms with Gasteiger partial charge >= 0.3 is 0 Å². The van der Waals surface area contributed by atoms with Crippen molar-refractivity contribution in [1.29, 1.82) is 0 Å². The molecule has 236 valence electrons. The molecule has 3 aliphatic rings. The van der Waals surface area contributed by atoms with Gasteiger partial charge < -0.3 is 19.5 Å². The van der Waals surface area contributed by atoms with Gasteiger partial charge in [0.15, 0.2) is 0 Å². The Kier molecular flexibility index (Phi) is 7.70. The summed E-state index contributed by atoms with van der Waals surface area (Å²) in [6.45, 7) is 3.79. The van der Waals surface area contributed by atoms with E-state index in [1.54, 1.807) is 42.4 Å². The van der Waals surface area contributed by atoms with Crippen molar-refractivity contribution in [2.75, 3.05) is 29.5 Å². The summed E-state index contributed by atoms with van der Waals surface area (Å²) in [6, 6.07) is 18.5. The summed E-state index contributed by atoms with van der Waals surface area (Å²) in [5.74, 6) is 7.44. The standard InChI is InChI=1S/C36H38N6O4/c1-22-14-16-40(19-22)34(44)24-8-11-27(12-9-24)42(37)33-36(46)39(2)20-31(38-33)29-4-3-5-32(30(29)21-43)41-17-15-26-18-25(23-6-7-23)10-13-28(26)35(41)45/h3-5,8-13,18,20,22-23,43H,6-7,14-17,19,21,37H2,1-2H3/t22-/m1/s1. The third kappa shape index (κ3) is 5.37. The molecule has 0 bridgehead atoms. The van der Waals surface area contributed by atoms with E-state index < -0.39 is 5.56 Å². The number of nitrogens with two attached hydrogens (primary N) is 1. The van der Waals surface area contributed by atoms with E-state index in [4.69, 9.17) is 5.84 Å². The van der Waals surface area contributed by atoms with Crippen LogP contribution >= 0.6 is 0 Å². The summed E-state index contributed by atoms with van der Waals surface area (Å²) in [6.07, 6.45) is 5.74. The number of aliphatic hydroxyl groups is 1. The number of rotatable bonds is 7. The van der Waals surface area contributed by atoms with Crippen LogP contribution in [0.5, 0.6) is 0 Å². The van der Waals surface area contributed by atoms with Gasteiger partial charge in [-0.25, -0.2) is 10.8 Å². The van der Waals surface area contributed by atoms with Crippen LogP contribution in [0.4, 0.5) is 17.2 Å². The van der Waals surface area contributed by atoms with Gasteiger partial charge in [-0.05, 0) is 85.0 Å². The van der Waals surface area contributed by atoms with E-state index in [-0.39, 0.29) is 24.2 Å². The van der Waals surface area contributed by atoms with Crippen molar-refractivity contribution in [1.82, 2.24) is 14.5 Å². The predicted octanol–water partition coefficient (Wildman–Crippen LogP) is 4.51.